The quantitative estimate of drug-likeness (QED) is 0.665. The largest absolute Gasteiger partial charge is 0.508 e. The third-order valence-electron chi connectivity index (χ3n) is 3.39. The Hall–Kier alpha value is -2.75. The number of benzene rings is 2. The van der Waals surface area contributed by atoms with E-state index in [9.17, 15) is 9.90 Å². The smallest absolute Gasteiger partial charge is 0.255 e. The van der Waals surface area contributed by atoms with Gasteiger partial charge in [0.25, 0.3) is 5.56 Å². The van der Waals surface area contributed by atoms with Crippen LogP contribution in [0, 0.1) is 6.92 Å². The van der Waals surface area contributed by atoms with Gasteiger partial charge in [-0.1, -0.05) is 12.1 Å². The van der Waals surface area contributed by atoms with E-state index in [2.05, 4.69) is 0 Å². The minimum Gasteiger partial charge on any atom is -0.508 e. The predicted molar refractivity (Wildman–Crippen MR) is 80.4 cm³/mol. The predicted octanol–water partition coefficient (Wildman–Crippen LogP) is 2.59. The maximum Gasteiger partial charge on any atom is 0.255 e. The van der Waals surface area contributed by atoms with Crippen LogP contribution in [-0.2, 0) is 0 Å². The summed E-state index contributed by atoms with van der Waals surface area (Å²) in [5, 5.41) is 10.6. The molecule has 4 heteroatoms. The first-order valence-corrected chi connectivity index (χ1v) is 6.28. The van der Waals surface area contributed by atoms with Gasteiger partial charge in [0, 0.05) is 17.5 Å². The number of phenolic OH excluding ortho intramolecular Hbond substituents is 1. The van der Waals surface area contributed by atoms with E-state index in [1.807, 2.05) is 19.1 Å². The van der Waals surface area contributed by atoms with Crippen LogP contribution >= 0.6 is 0 Å². The van der Waals surface area contributed by atoms with Crippen LogP contribution < -0.4 is 11.3 Å². The lowest BCUT2D eigenvalue weighted by Gasteiger charge is -2.14. The molecule has 0 atom stereocenters. The topological polar surface area (TPSA) is 68.2 Å². The molecule has 0 aliphatic rings. The highest BCUT2D eigenvalue weighted by molar-refractivity contribution is 5.86. The van der Waals surface area contributed by atoms with Crippen LogP contribution in [0.4, 0.5) is 5.69 Å². The molecule has 0 aliphatic carbocycles. The standard InChI is InChI=1S/C16H14N2O2/c1-10-8-16(20)18(14-5-3-2-4-13(14)17)15-9-11(19)6-7-12(10)15/h2-9,19H,17H2,1H3. The number of aromatic hydroxyl groups is 1. The van der Waals surface area contributed by atoms with E-state index in [1.165, 1.54) is 4.57 Å². The number of nitrogens with zero attached hydrogens (tertiary/aromatic N) is 1. The Balaban J connectivity index is 2.50. The van der Waals surface area contributed by atoms with Crippen LogP contribution in [0.1, 0.15) is 5.56 Å². The lowest BCUT2D eigenvalue weighted by atomic mass is 10.1. The highest BCUT2D eigenvalue weighted by atomic mass is 16.3. The summed E-state index contributed by atoms with van der Waals surface area (Å²) in [7, 11) is 0. The molecule has 0 aliphatic heterocycles. The number of rotatable bonds is 1. The van der Waals surface area contributed by atoms with Crippen molar-refractivity contribution in [2.45, 2.75) is 6.92 Å². The zero-order chi connectivity index (χ0) is 14.3. The van der Waals surface area contributed by atoms with Crippen molar-refractivity contribution in [3.63, 3.8) is 0 Å². The summed E-state index contributed by atoms with van der Waals surface area (Å²) in [5.41, 5.74) is 8.45. The van der Waals surface area contributed by atoms with Crippen molar-refractivity contribution in [1.29, 1.82) is 0 Å². The molecule has 3 N–H and O–H groups in total. The van der Waals surface area contributed by atoms with Gasteiger partial charge >= 0.3 is 0 Å². The number of aromatic nitrogens is 1. The number of fused-ring (bicyclic) bond motifs is 1. The normalized spacial score (nSPS) is 10.8. The number of phenols is 1. The van der Waals surface area contributed by atoms with Crippen LogP contribution in [0.25, 0.3) is 16.6 Å². The van der Waals surface area contributed by atoms with Crippen molar-refractivity contribution in [2.75, 3.05) is 5.73 Å². The van der Waals surface area contributed by atoms with Crippen LogP contribution in [0.5, 0.6) is 5.75 Å². The van der Waals surface area contributed by atoms with E-state index < -0.39 is 0 Å². The van der Waals surface area contributed by atoms with Gasteiger partial charge in [-0.05, 0) is 36.8 Å². The van der Waals surface area contributed by atoms with Gasteiger partial charge < -0.3 is 10.8 Å². The molecule has 0 saturated heterocycles. The highest BCUT2D eigenvalue weighted by Crippen LogP contribution is 2.25. The SMILES string of the molecule is Cc1cc(=O)n(-c2ccccc2N)c2cc(O)ccc12. The second kappa shape index (κ2) is 4.42. The summed E-state index contributed by atoms with van der Waals surface area (Å²) in [6.07, 6.45) is 0. The highest BCUT2D eigenvalue weighted by Gasteiger charge is 2.10. The van der Waals surface area contributed by atoms with Gasteiger partial charge in [-0.25, -0.2) is 0 Å². The van der Waals surface area contributed by atoms with Crippen molar-refractivity contribution in [3.05, 3.63) is 64.4 Å². The van der Waals surface area contributed by atoms with Gasteiger partial charge in [-0.15, -0.1) is 0 Å². The fraction of sp³-hybridized carbons (Fsp3) is 0.0625. The molecule has 20 heavy (non-hydrogen) atoms. The Bertz CT molecular complexity index is 866. The molecule has 0 unspecified atom stereocenters. The Morgan fingerprint density at radius 1 is 1.10 bits per heavy atom. The van der Waals surface area contributed by atoms with Gasteiger partial charge in [0.15, 0.2) is 0 Å². The second-order valence-corrected chi connectivity index (χ2v) is 4.76. The summed E-state index contributed by atoms with van der Waals surface area (Å²) in [6, 6.07) is 13.7. The third kappa shape index (κ3) is 1.82. The Morgan fingerprint density at radius 3 is 2.60 bits per heavy atom. The third-order valence-corrected chi connectivity index (χ3v) is 3.39. The second-order valence-electron chi connectivity index (χ2n) is 4.76. The van der Waals surface area contributed by atoms with Crippen LogP contribution in [0.3, 0.4) is 0 Å². The first kappa shape index (κ1) is 12.3. The molecule has 0 spiro atoms. The van der Waals surface area contributed by atoms with Gasteiger partial charge in [0.1, 0.15) is 5.75 Å². The average Bonchev–Trinajstić information content (AvgIpc) is 2.40. The number of nitrogen functional groups attached to an aromatic ring is 1. The summed E-state index contributed by atoms with van der Waals surface area (Å²) in [6.45, 7) is 1.87. The van der Waals surface area contributed by atoms with Crippen molar-refractivity contribution in [1.82, 2.24) is 4.57 Å². The van der Waals surface area contributed by atoms with Crippen molar-refractivity contribution < 1.29 is 5.11 Å². The van der Waals surface area contributed by atoms with Crippen LogP contribution in [0.2, 0.25) is 0 Å². The first-order chi connectivity index (χ1) is 9.58. The zero-order valence-electron chi connectivity index (χ0n) is 11.0. The van der Waals surface area contributed by atoms with Crippen molar-refractivity contribution in [2.24, 2.45) is 0 Å². The van der Waals surface area contributed by atoms with E-state index in [4.69, 9.17) is 5.73 Å². The zero-order valence-corrected chi connectivity index (χ0v) is 11.0. The molecule has 0 fully saturated rings. The first-order valence-electron chi connectivity index (χ1n) is 6.28. The van der Waals surface area contributed by atoms with Gasteiger partial charge in [0.2, 0.25) is 0 Å². The molecule has 0 radical (unpaired) electrons. The van der Waals surface area contributed by atoms with Crippen molar-refractivity contribution in [3.8, 4) is 11.4 Å². The molecule has 1 heterocycles. The van der Waals surface area contributed by atoms with Gasteiger partial charge in [-0.2, -0.15) is 0 Å². The lowest BCUT2D eigenvalue weighted by Crippen LogP contribution is -2.19. The minimum atomic E-state index is -0.168. The number of hydrogen-bond donors (Lipinski definition) is 2. The molecule has 2 aromatic carbocycles. The van der Waals surface area contributed by atoms with Gasteiger partial charge in [0.05, 0.1) is 16.9 Å². The number of aryl methyl sites for hydroxylation is 1. The number of anilines is 1. The average molecular weight is 266 g/mol. The van der Waals surface area contributed by atoms with Crippen LogP contribution in [0.15, 0.2) is 53.3 Å². The molecule has 1 aromatic heterocycles. The monoisotopic (exact) mass is 266 g/mol. The summed E-state index contributed by atoms with van der Waals surface area (Å²) >= 11 is 0. The molecule has 3 rings (SSSR count). The van der Waals surface area contributed by atoms with E-state index in [0.717, 1.165) is 10.9 Å². The Kier molecular flexibility index (Phi) is 2.71. The summed E-state index contributed by atoms with van der Waals surface area (Å²) in [4.78, 5) is 12.3. The molecular formula is C16H14N2O2. The molecule has 0 bridgehead atoms. The summed E-state index contributed by atoms with van der Waals surface area (Å²) in [5.74, 6) is 0.116. The molecular weight excluding hydrogens is 252 g/mol. The number of nitrogens with two attached hydrogens (primary N) is 1. The van der Waals surface area contributed by atoms with Gasteiger partial charge in [-0.3, -0.25) is 9.36 Å². The Morgan fingerprint density at radius 2 is 1.85 bits per heavy atom. The minimum absolute atomic E-state index is 0.116. The number of hydrogen-bond acceptors (Lipinski definition) is 3. The van der Waals surface area contributed by atoms with E-state index in [-0.39, 0.29) is 11.3 Å². The molecule has 4 nitrogen and oxygen atoms in total. The molecule has 0 saturated carbocycles. The fourth-order valence-electron chi connectivity index (χ4n) is 2.42. The number of pyridine rings is 1. The van der Waals surface area contributed by atoms with E-state index in [1.54, 1.807) is 36.4 Å². The maximum atomic E-state index is 12.3. The molecule has 0 amide bonds. The molecule has 3 aromatic rings. The lowest BCUT2D eigenvalue weighted by molar-refractivity contribution is 0.476. The summed E-state index contributed by atoms with van der Waals surface area (Å²) < 4.78 is 1.53. The van der Waals surface area contributed by atoms with E-state index in [0.29, 0.717) is 16.9 Å². The number of para-hydroxylation sites is 2. The van der Waals surface area contributed by atoms with Crippen LogP contribution in [-0.4, -0.2) is 9.67 Å². The fourth-order valence-corrected chi connectivity index (χ4v) is 2.42. The molecule has 100 valence electrons. The van der Waals surface area contributed by atoms with E-state index >= 15 is 0 Å². The van der Waals surface area contributed by atoms with Crippen molar-refractivity contribution >= 4 is 16.6 Å². The maximum absolute atomic E-state index is 12.3. The Labute approximate surface area is 115 Å².